The van der Waals surface area contributed by atoms with Crippen LogP contribution in [0.15, 0.2) is 47.8 Å². The van der Waals surface area contributed by atoms with Crippen molar-refractivity contribution in [2.24, 2.45) is 34.2 Å². The van der Waals surface area contributed by atoms with E-state index in [1.165, 1.54) is 12.7 Å². The van der Waals surface area contributed by atoms with Crippen LogP contribution in [0.2, 0.25) is 0 Å². The van der Waals surface area contributed by atoms with Gasteiger partial charge < -0.3 is 42.6 Å². The number of amides is 3. The second-order valence-corrected chi connectivity index (χ2v) is 12.8. The third kappa shape index (κ3) is 12.7. The van der Waals surface area contributed by atoms with Crippen molar-refractivity contribution in [1.29, 1.82) is 0 Å². The van der Waals surface area contributed by atoms with E-state index in [-0.39, 0.29) is 30.6 Å². The number of guanidine groups is 1. The summed E-state index contributed by atoms with van der Waals surface area (Å²) < 4.78 is 0. The fourth-order valence-electron chi connectivity index (χ4n) is 6.24. The van der Waals surface area contributed by atoms with E-state index in [9.17, 15) is 24.6 Å². The molecule has 13 heteroatoms. The number of aromatic nitrogens is 2. The molecule has 1 aromatic carbocycles. The van der Waals surface area contributed by atoms with Gasteiger partial charge in [-0.2, -0.15) is 0 Å². The van der Waals surface area contributed by atoms with Crippen LogP contribution >= 0.6 is 0 Å². The molecule has 13 nitrogen and oxygen atoms in total. The van der Waals surface area contributed by atoms with Crippen molar-refractivity contribution < 1.29 is 24.6 Å². The minimum Gasteiger partial charge on any atom is -0.465 e. The summed E-state index contributed by atoms with van der Waals surface area (Å²) in [6, 6.07) is 6.33. The molecule has 1 aliphatic rings. The quantitative estimate of drug-likeness (QED) is 0.0891. The van der Waals surface area contributed by atoms with Gasteiger partial charge in [0.25, 0.3) is 0 Å². The SMILES string of the molecule is CC(C)[C@@H](CCN=C(N)N)C[C@@H](O)[C@H](CC1CCCCC1)NC(=O)[C@H](Cc1cnc[nH]1)NC(=O)[C@H](Cc1ccccc1)NC(=O)O. The van der Waals surface area contributed by atoms with Gasteiger partial charge in [0, 0.05) is 31.3 Å². The third-order valence-electron chi connectivity index (χ3n) is 8.89. The number of nitrogens with one attached hydrogen (secondary N) is 4. The Morgan fingerprint density at radius 1 is 1.00 bits per heavy atom. The summed E-state index contributed by atoms with van der Waals surface area (Å²) in [5.41, 5.74) is 12.4. The van der Waals surface area contributed by atoms with Crippen molar-refractivity contribution in [3.63, 3.8) is 0 Å². The van der Waals surface area contributed by atoms with E-state index in [0.717, 1.165) is 31.2 Å². The topological polar surface area (TPSA) is 221 Å². The smallest absolute Gasteiger partial charge is 0.405 e. The van der Waals surface area contributed by atoms with Crippen molar-refractivity contribution in [2.75, 3.05) is 6.54 Å². The summed E-state index contributed by atoms with van der Waals surface area (Å²) in [6.07, 6.45) is 8.34. The zero-order chi connectivity index (χ0) is 33.5. The predicted octanol–water partition coefficient (Wildman–Crippen LogP) is 2.46. The van der Waals surface area contributed by atoms with Gasteiger partial charge in [-0.25, -0.2) is 9.78 Å². The van der Waals surface area contributed by atoms with E-state index in [2.05, 4.69) is 44.8 Å². The van der Waals surface area contributed by atoms with Crippen LogP contribution in [0.25, 0.3) is 0 Å². The Bertz CT molecular complexity index is 1230. The van der Waals surface area contributed by atoms with Crippen LogP contribution in [0.1, 0.15) is 76.5 Å². The second-order valence-electron chi connectivity index (χ2n) is 12.8. The van der Waals surface area contributed by atoms with Crippen molar-refractivity contribution >= 4 is 23.9 Å². The Morgan fingerprint density at radius 2 is 1.67 bits per heavy atom. The Kier molecular flexibility index (Phi) is 14.8. The standard InChI is InChI=1S/C33H52N8O5/c1-21(2)24(13-14-37-32(34)35)17-29(42)26(15-22-9-5-3-6-10-22)39-31(44)28(18-25-19-36-20-38-25)40-30(43)27(41-33(45)46)16-23-11-7-4-8-12-23/h4,7-8,11-12,19-22,24,26-29,41-42H,3,5-6,9-10,13-18H2,1-2H3,(H,36,38)(H,39,44)(H,40,43)(H,45,46)(H4,34,35,37)/t24-,26-,27-,28-,29+/m0/s1. The van der Waals surface area contributed by atoms with Crippen LogP contribution in [0.3, 0.4) is 0 Å². The van der Waals surface area contributed by atoms with Crippen LogP contribution in [-0.4, -0.2) is 74.8 Å². The monoisotopic (exact) mass is 640 g/mol. The molecular weight excluding hydrogens is 588 g/mol. The molecule has 0 saturated heterocycles. The lowest BCUT2D eigenvalue weighted by atomic mass is 9.80. The molecule has 254 valence electrons. The van der Waals surface area contributed by atoms with Gasteiger partial charge >= 0.3 is 6.09 Å². The Balaban J connectivity index is 1.81. The number of hydrogen-bond donors (Lipinski definition) is 8. The highest BCUT2D eigenvalue weighted by molar-refractivity contribution is 5.91. The van der Waals surface area contributed by atoms with E-state index < -0.39 is 42.1 Å². The van der Waals surface area contributed by atoms with Gasteiger partial charge in [0.05, 0.1) is 18.5 Å². The molecule has 1 aliphatic carbocycles. The Hall–Kier alpha value is -4.13. The van der Waals surface area contributed by atoms with Gasteiger partial charge in [-0.15, -0.1) is 0 Å². The minimum atomic E-state index is -1.35. The molecule has 0 bridgehead atoms. The summed E-state index contributed by atoms with van der Waals surface area (Å²) in [7, 11) is 0. The molecule has 46 heavy (non-hydrogen) atoms. The highest BCUT2D eigenvalue weighted by Gasteiger charge is 2.33. The second kappa shape index (κ2) is 18.7. The molecule has 3 amide bonds. The minimum absolute atomic E-state index is 0.0282. The lowest BCUT2D eigenvalue weighted by Crippen LogP contribution is -2.57. The number of aliphatic hydroxyl groups is 1. The summed E-state index contributed by atoms with van der Waals surface area (Å²) in [5, 5.41) is 29.2. The van der Waals surface area contributed by atoms with Crippen molar-refractivity contribution in [3.05, 3.63) is 54.1 Å². The first-order chi connectivity index (χ1) is 22.0. The van der Waals surface area contributed by atoms with Crippen molar-refractivity contribution in [3.8, 4) is 0 Å². The van der Waals surface area contributed by atoms with Crippen LogP contribution < -0.4 is 27.4 Å². The lowest BCUT2D eigenvalue weighted by molar-refractivity contribution is -0.131. The maximum absolute atomic E-state index is 14.0. The van der Waals surface area contributed by atoms with Gasteiger partial charge in [0.2, 0.25) is 11.8 Å². The molecule has 10 N–H and O–H groups in total. The van der Waals surface area contributed by atoms with Crippen molar-refractivity contribution in [1.82, 2.24) is 25.9 Å². The molecule has 0 spiro atoms. The van der Waals surface area contributed by atoms with Gasteiger partial charge in [-0.05, 0) is 42.6 Å². The lowest BCUT2D eigenvalue weighted by Gasteiger charge is -2.33. The number of imidazole rings is 1. The van der Waals surface area contributed by atoms with E-state index in [1.54, 1.807) is 18.3 Å². The number of H-pyrrole nitrogens is 1. The van der Waals surface area contributed by atoms with Gasteiger partial charge in [-0.3, -0.25) is 14.6 Å². The maximum atomic E-state index is 14.0. The first kappa shape index (κ1) is 36.3. The Morgan fingerprint density at radius 3 is 2.28 bits per heavy atom. The molecule has 1 saturated carbocycles. The molecule has 1 fully saturated rings. The normalized spacial score (nSPS) is 16.9. The number of carbonyl (C=O) groups is 3. The maximum Gasteiger partial charge on any atom is 0.405 e. The third-order valence-corrected chi connectivity index (χ3v) is 8.89. The predicted molar refractivity (Wildman–Crippen MR) is 177 cm³/mol. The van der Waals surface area contributed by atoms with E-state index in [4.69, 9.17) is 11.5 Å². The number of nitrogens with two attached hydrogens (primary N) is 2. The van der Waals surface area contributed by atoms with Crippen LogP contribution in [0.4, 0.5) is 4.79 Å². The summed E-state index contributed by atoms with van der Waals surface area (Å²) >= 11 is 0. The molecule has 1 heterocycles. The van der Waals surface area contributed by atoms with E-state index in [0.29, 0.717) is 37.4 Å². The molecule has 5 atom stereocenters. The zero-order valence-corrected chi connectivity index (χ0v) is 27.0. The fraction of sp³-hybridized carbons (Fsp3) is 0.606. The first-order valence-corrected chi connectivity index (χ1v) is 16.4. The number of rotatable bonds is 18. The molecule has 0 unspecified atom stereocenters. The summed E-state index contributed by atoms with van der Waals surface area (Å²) in [4.78, 5) is 50.2. The number of carboxylic acid groups (broad SMARTS) is 1. The van der Waals surface area contributed by atoms with Crippen LogP contribution in [0.5, 0.6) is 0 Å². The molecule has 0 radical (unpaired) electrons. The molecule has 2 aromatic rings. The van der Waals surface area contributed by atoms with E-state index >= 15 is 0 Å². The average molecular weight is 641 g/mol. The van der Waals surface area contributed by atoms with Gasteiger partial charge in [-0.1, -0.05) is 76.3 Å². The first-order valence-electron chi connectivity index (χ1n) is 16.4. The molecule has 1 aromatic heterocycles. The van der Waals surface area contributed by atoms with Gasteiger partial charge in [0.15, 0.2) is 5.96 Å². The number of hydrogen-bond acceptors (Lipinski definition) is 6. The fourth-order valence-corrected chi connectivity index (χ4v) is 6.24. The van der Waals surface area contributed by atoms with E-state index in [1.807, 2.05) is 18.2 Å². The van der Waals surface area contributed by atoms with Gasteiger partial charge in [0.1, 0.15) is 12.1 Å². The number of benzene rings is 1. The largest absolute Gasteiger partial charge is 0.465 e. The summed E-state index contributed by atoms with van der Waals surface area (Å²) in [6.45, 7) is 4.63. The zero-order valence-electron chi connectivity index (χ0n) is 27.0. The average Bonchev–Trinajstić information content (AvgIpc) is 3.53. The molecular formula is C33H52N8O5. The van der Waals surface area contributed by atoms with Crippen LogP contribution in [0, 0.1) is 17.8 Å². The number of nitrogens with zero attached hydrogens (tertiary/aromatic N) is 2. The number of aromatic amines is 1. The number of aliphatic imine (C=N–C) groups is 1. The highest BCUT2D eigenvalue weighted by Crippen LogP contribution is 2.30. The molecule has 0 aliphatic heterocycles. The Labute approximate surface area is 271 Å². The summed E-state index contributed by atoms with van der Waals surface area (Å²) in [5.74, 6) is -0.326. The highest BCUT2D eigenvalue weighted by atomic mass is 16.4. The number of aliphatic hydroxyl groups excluding tert-OH is 1. The molecule has 3 rings (SSSR count). The van der Waals surface area contributed by atoms with Crippen LogP contribution in [-0.2, 0) is 22.4 Å². The van der Waals surface area contributed by atoms with Crippen molar-refractivity contribution in [2.45, 2.75) is 102 Å². The number of carbonyl (C=O) groups excluding carboxylic acids is 2.